The minimum Gasteiger partial charge on any atom is -0.414 e. The zero-order chi connectivity index (χ0) is 67.2. The Morgan fingerprint density at radius 2 is 0.924 bits per heavy atom. The first-order valence-electron chi connectivity index (χ1n) is 31.9. The molecule has 92 heavy (non-hydrogen) atoms. The molecule has 0 radical (unpaired) electrons. The normalized spacial score (nSPS) is 26.1. The summed E-state index contributed by atoms with van der Waals surface area (Å²) in [6.07, 6.45) is -0.380. The van der Waals surface area contributed by atoms with E-state index in [0.717, 1.165) is 0 Å². The van der Waals surface area contributed by atoms with Crippen LogP contribution in [-0.2, 0) is 35.4 Å². The van der Waals surface area contributed by atoms with Gasteiger partial charge in [0.05, 0.1) is 25.9 Å². The van der Waals surface area contributed by atoms with Gasteiger partial charge in [0, 0.05) is 30.6 Å². The van der Waals surface area contributed by atoms with Gasteiger partial charge in [0.25, 0.3) is 11.8 Å². The molecule has 5 N–H and O–H groups in total. The van der Waals surface area contributed by atoms with Crippen molar-refractivity contribution in [3.05, 3.63) is 107 Å². The van der Waals surface area contributed by atoms with Crippen molar-refractivity contribution in [1.82, 2.24) is 39.0 Å². The van der Waals surface area contributed by atoms with Gasteiger partial charge in [-0.05, 0) is 68.6 Å². The molecule has 4 fully saturated rings. The number of aromatic nitrogens is 8. The van der Waals surface area contributed by atoms with Crippen molar-refractivity contribution < 1.29 is 60.3 Å². The molecule has 4 aliphatic rings. The number of aliphatic hydroxyl groups is 3. The molecule has 6 unspecified atom stereocenters. The van der Waals surface area contributed by atoms with E-state index < -0.39 is 94.1 Å². The standard InChI is InChI=1S/C32H46ClN5O6Si2.C31H46ClN5O7Si2/c1-10-16-32(40)26-24(17-41-45(19(2)3,20(4)5)44-46(43-26,21(6)7)22(8)9)42-30(32)38-18-34-25-27(33)35-31(36-28(25)38)37-29(39)23-14-12-11-13-15-23;1-18(2)45(19(3)4)41-16-23-25(43-46(44-45,20(5)6)21(7)8)31(40,14-15-38)29(42-23)37-17-33-24-26(32)34-30(35-27(24)37)36-28(39)22-12-10-9-11-13-22/h10-15,18-22,24,26,30,40H,1,16-17H2,2-9H3,(H,35,36,37,39);9-13,17-21,23,25,29,38,40H,14-16H2,1-8H3,(H,34,35,36,39)/t24?,26?,30?,32-;23?,25?,29?,31-/m11/s1. The number of carbonyl (C=O) groups is 2. The molecule has 502 valence electrons. The van der Waals surface area contributed by atoms with Crippen LogP contribution in [0.3, 0.4) is 0 Å². The molecule has 4 aliphatic heterocycles. The topological polar surface area (TPSA) is 280 Å². The Morgan fingerprint density at radius 1 is 0.576 bits per heavy atom. The summed E-state index contributed by atoms with van der Waals surface area (Å²) in [7, 11) is -11.9. The zero-order valence-corrected chi connectivity index (χ0v) is 61.1. The highest BCUT2D eigenvalue weighted by Crippen LogP contribution is 2.54. The number of halogens is 2. The van der Waals surface area contributed by atoms with Gasteiger partial charge in [-0.1, -0.05) is 176 Å². The molecular formula is C63H92Cl2N10O13Si4. The highest BCUT2D eigenvalue weighted by atomic mass is 35.5. The van der Waals surface area contributed by atoms with Gasteiger partial charge in [0.2, 0.25) is 11.9 Å². The number of benzene rings is 2. The Morgan fingerprint density at radius 3 is 1.26 bits per heavy atom. The lowest BCUT2D eigenvalue weighted by molar-refractivity contribution is -0.116. The number of amides is 2. The molecule has 4 saturated heterocycles. The fourth-order valence-electron chi connectivity index (χ4n) is 13.7. The van der Waals surface area contributed by atoms with E-state index in [1.54, 1.807) is 63.7 Å². The number of anilines is 2. The lowest BCUT2D eigenvalue weighted by Crippen LogP contribution is -2.67. The number of aliphatic hydroxyl groups excluding tert-OH is 1. The summed E-state index contributed by atoms with van der Waals surface area (Å²) < 4.78 is 59.4. The summed E-state index contributed by atoms with van der Waals surface area (Å²) in [4.78, 5) is 52.4. The van der Waals surface area contributed by atoms with E-state index in [-0.39, 0.29) is 116 Å². The maximum atomic E-state index is 12.9. The van der Waals surface area contributed by atoms with Gasteiger partial charge >= 0.3 is 34.2 Å². The van der Waals surface area contributed by atoms with Crippen molar-refractivity contribution in [3.63, 3.8) is 0 Å². The maximum Gasteiger partial charge on any atom is 0.335 e. The van der Waals surface area contributed by atoms with E-state index in [0.29, 0.717) is 16.6 Å². The Bertz CT molecular complexity index is 3540. The largest absolute Gasteiger partial charge is 0.414 e. The molecule has 2 aromatic carbocycles. The van der Waals surface area contributed by atoms with Crippen LogP contribution >= 0.6 is 23.2 Å². The summed E-state index contributed by atoms with van der Waals surface area (Å²) >= 11 is 13.1. The molecule has 0 spiro atoms. The quantitative estimate of drug-likeness (QED) is 0.0304. The third-order valence-corrected chi connectivity index (χ3v) is 39.5. The van der Waals surface area contributed by atoms with Crippen LogP contribution in [0.25, 0.3) is 22.3 Å². The first kappa shape index (κ1) is 71.5. The second kappa shape index (κ2) is 28.1. The number of imidazole rings is 2. The van der Waals surface area contributed by atoms with Crippen LogP contribution in [0.15, 0.2) is 86.0 Å². The molecule has 23 nitrogen and oxygen atoms in total. The van der Waals surface area contributed by atoms with Crippen molar-refractivity contribution in [2.24, 2.45) is 0 Å². The van der Waals surface area contributed by atoms with Crippen molar-refractivity contribution in [2.75, 3.05) is 30.5 Å². The molecule has 8 atom stereocenters. The van der Waals surface area contributed by atoms with Crippen molar-refractivity contribution in [1.29, 1.82) is 0 Å². The van der Waals surface area contributed by atoms with Gasteiger partial charge in [0.1, 0.15) is 46.7 Å². The zero-order valence-electron chi connectivity index (χ0n) is 55.6. The van der Waals surface area contributed by atoms with Crippen LogP contribution in [0.5, 0.6) is 0 Å². The van der Waals surface area contributed by atoms with Crippen molar-refractivity contribution >= 4 is 103 Å². The average Bonchev–Trinajstić information content (AvgIpc) is 1.52. The third kappa shape index (κ3) is 13.1. The summed E-state index contributed by atoms with van der Waals surface area (Å²) in [6.45, 7) is 38.1. The summed E-state index contributed by atoms with van der Waals surface area (Å²) in [5, 5.41) is 41.0. The van der Waals surface area contributed by atoms with Crippen molar-refractivity contribution in [3.8, 4) is 0 Å². The lowest BCUT2D eigenvalue weighted by atomic mass is 9.90. The molecular weight excluding hydrogens is 1290 g/mol. The third-order valence-electron chi connectivity index (χ3n) is 18.5. The summed E-state index contributed by atoms with van der Waals surface area (Å²) in [6, 6.07) is 17.4. The average molecular weight is 1380 g/mol. The van der Waals surface area contributed by atoms with Gasteiger partial charge < -0.3 is 50.7 Å². The number of hydrogen-bond acceptors (Lipinski definition) is 19. The molecule has 29 heteroatoms. The molecule has 8 heterocycles. The number of carbonyl (C=O) groups excluding carboxylic acids is 2. The van der Waals surface area contributed by atoms with Crippen LogP contribution < -0.4 is 10.6 Å². The number of nitrogens with one attached hydrogen (secondary N) is 2. The minimum atomic E-state index is -3.13. The molecule has 0 bridgehead atoms. The van der Waals surface area contributed by atoms with Gasteiger partial charge in [-0.2, -0.15) is 19.9 Å². The Hall–Kier alpha value is -4.77. The number of rotatable bonds is 18. The predicted molar refractivity (Wildman–Crippen MR) is 361 cm³/mol. The molecule has 4 aromatic heterocycles. The van der Waals surface area contributed by atoms with Crippen LogP contribution in [0.2, 0.25) is 54.6 Å². The Labute approximate surface area is 553 Å². The van der Waals surface area contributed by atoms with Crippen LogP contribution in [0, 0.1) is 0 Å². The lowest BCUT2D eigenvalue weighted by Gasteiger charge is -2.52. The first-order chi connectivity index (χ1) is 43.4. The second-order valence-electron chi connectivity index (χ2n) is 27.0. The summed E-state index contributed by atoms with van der Waals surface area (Å²) in [5.41, 5.74) is -0.655. The number of nitrogens with zero attached hydrogens (tertiary/aromatic N) is 8. The first-order valence-corrected chi connectivity index (χ1v) is 40.6. The molecule has 10 rings (SSSR count). The van der Waals surface area contributed by atoms with Gasteiger partial charge in [-0.3, -0.25) is 29.4 Å². The summed E-state index contributed by atoms with van der Waals surface area (Å²) in [5.74, 6) is -0.843. The molecule has 6 aromatic rings. The Kier molecular flexibility index (Phi) is 21.9. The van der Waals surface area contributed by atoms with E-state index in [2.05, 4.69) is 158 Å². The second-order valence-corrected chi connectivity index (χ2v) is 45.4. The smallest absolute Gasteiger partial charge is 0.335 e. The highest BCUT2D eigenvalue weighted by Gasteiger charge is 2.68. The van der Waals surface area contributed by atoms with E-state index in [1.807, 2.05) is 12.1 Å². The van der Waals surface area contributed by atoms with Gasteiger partial charge in [0.15, 0.2) is 34.1 Å². The van der Waals surface area contributed by atoms with Gasteiger partial charge in [-0.25, -0.2) is 9.97 Å². The van der Waals surface area contributed by atoms with E-state index in [4.69, 9.17) is 58.6 Å². The molecule has 0 aliphatic carbocycles. The number of ether oxygens (including phenoxy) is 2. The predicted octanol–water partition coefficient (Wildman–Crippen LogP) is 12.6. The SMILES string of the molecule is C=CC[C@@]1(O)C2O[Si](C(C)C)(C(C)C)O[Si](C(C)C)(C(C)C)OCC2OC1n1cnc2c(Cl)nc(NC(=O)c3ccccc3)nc21.CC(C)[Si]1(C(C)C)OCC2OC(n3cnc4c(Cl)nc(NC(=O)c5ccccc5)nc43)[C@@](O)(CCO)C2O[Si](C(C)C)(C(C)C)O1. The van der Waals surface area contributed by atoms with E-state index >= 15 is 0 Å². The minimum absolute atomic E-state index is 0.00643. The Balaban J connectivity index is 0.000000217. The van der Waals surface area contributed by atoms with E-state index in [9.17, 15) is 24.9 Å². The maximum absolute atomic E-state index is 12.9. The molecule has 0 saturated carbocycles. The van der Waals surface area contributed by atoms with Crippen molar-refractivity contribution in [2.45, 2.75) is 216 Å². The van der Waals surface area contributed by atoms with Crippen LogP contribution in [-0.4, -0.2) is 156 Å². The molecule has 2 amide bonds. The fourth-order valence-corrected chi connectivity index (χ4v) is 36.7. The monoisotopic (exact) mass is 1380 g/mol. The van der Waals surface area contributed by atoms with Crippen LogP contribution in [0.4, 0.5) is 11.9 Å². The number of fused-ring (bicyclic) bond motifs is 4. The van der Waals surface area contributed by atoms with E-state index in [1.165, 1.54) is 12.7 Å². The van der Waals surface area contributed by atoms with Crippen LogP contribution in [0.1, 0.15) is 157 Å². The number of hydrogen-bond donors (Lipinski definition) is 5. The fraction of sp³-hybridized carbons (Fsp3) is 0.587. The highest BCUT2D eigenvalue weighted by molar-refractivity contribution is 6.84. The van der Waals surface area contributed by atoms with Gasteiger partial charge in [-0.15, -0.1) is 6.58 Å².